The van der Waals surface area contributed by atoms with E-state index in [4.69, 9.17) is 5.73 Å². The summed E-state index contributed by atoms with van der Waals surface area (Å²) >= 11 is 0. The molecule has 4 heteroatoms. The minimum Gasteiger partial charge on any atom is -0.397 e. The van der Waals surface area contributed by atoms with E-state index in [1.165, 1.54) is 11.8 Å². The molecule has 1 aromatic carbocycles. The average molecular weight is 182 g/mol. The first-order valence-electron chi connectivity index (χ1n) is 3.96. The van der Waals surface area contributed by atoms with Gasteiger partial charge in [0.25, 0.3) is 0 Å². The van der Waals surface area contributed by atoms with E-state index in [2.05, 4.69) is 0 Å². The molecule has 1 rings (SSSR count). The molecule has 0 unspecified atom stereocenters. The lowest BCUT2D eigenvalue weighted by Gasteiger charge is -2.31. The summed E-state index contributed by atoms with van der Waals surface area (Å²) in [5.74, 6) is -1.89. The Bertz CT molecular complexity index is 294. The molecular formula is C9H14N2O2. The molecule has 0 atom stereocenters. The van der Waals surface area contributed by atoms with E-state index in [-0.39, 0.29) is 0 Å². The average Bonchev–Trinajstić information content (AvgIpc) is 2.02. The third-order valence-corrected chi connectivity index (χ3v) is 1.93. The highest BCUT2D eigenvalue weighted by Crippen LogP contribution is 2.24. The van der Waals surface area contributed by atoms with Crippen LogP contribution >= 0.6 is 0 Å². The Morgan fingerprint density at radius 1 is 1.31 bits per heavy atom. The highest BCUT2D eigenvalue weighted by atomic mass is 16.5. The Labute approximate surface area is 77.2 Å². The van der Waals surface area contributed by atoms with E-state index in [1.807, 2.05) is 0 Å². The lowest BCUT2D eigenvalue weighted by molar-refractivity contribution is -0.141. The third-order valence-electron chi connectivity index (χ3n) is 1.93. The Morgan fingerprint density at radius 3 is 2.31 bits per heavy atom. The van der Waals surface area contributed by atoms with E-state index >= 15 is 0 Å². The number of para-hydroxylation sites is 2. The summed E-state index contributed by atoms with van der Waals surface area (Å²) < 4.78 is 0. The van der Waals surface area contributed by atoms with Gasteiger partial charge in [-0.2, -0.15) is 0 Å². The fraction of sp³-hybridized carbons (Fsp3) is 0.333. The maximum absolute atomic E-state index is 9.29. The van der Waals surface area contributed by atoms with Gasteiger partial charge in [-0.25, -0.2) is 0 Å². The maximum atomic E-state index is 9.29. The minimum absolute atomic E-state index is 0.513. The van der Waals surface area contributed by atoms with Crippen molar-refractivity contribution in [3.63, 3.8) is 0 Å². The fourth-order valence-electron chi connectivity index (χ4n) is 1.02. The van der Waals surface area contributed by atoms with Gasteiger partial charge in [0.05, 0.1) is 11.4 Å². The first-order chi connectivity index (χ1) is 5.93. The highest BCUT2D eigenvalue weighted by Gasteiger charge is 2.23. The number of nitrogen functional groups attached to an aromatic ring is 1. The molecular weight excluding hydrogens is 168 g/mol. The molecule has 4 nitrogen and oxygen atoms in total. The SMILES string of the molecule is CN(c1ccccc1N)C(C)(O)O. The van der Waals surface area contributed by atoms with Crippen molar-refractivity contribution in [1.82, 2.24) is 0 Å². The number of rotatable bonds is 2. The molecule has 0 saturated carbocycles. The molecule has 0 aliphatic rings. The Morgan fingerprint density at radius 2 is 1.85 bits per heavy atom. The van der Waals surface area contributed by atoms with Crippen LogP contribution in [-0.4, -0.2) is 23.2 Å². The van der Waals surface area contributed by atoms with Crippen LogP contribution in [0.5, 0.6) is 0 Å². The molecule has 13 heavy (non-hydrogen) atoms. The van der Waals surface area contributed by atoms with Crippen LogP contribution in [-0.2, 0) is 0 Å². The second-order valence-electron chi connectivity index (χ2n) is 3.09. The quantitative estimate of drug-likeness (QED) is 0.456. The predicted molar refractivity (Wildman–Crippen MR) is 52.1 cm³/mol. The van der Waals surface area contributed by atoms with Crippen molar-refractivity contribution >= 4 is 11.4 Å². The molecule has 0 fully saturated rings. The van der Waals surface area contributed by atoms with Gasteiger partial charge in [-0.3, -0.25) is 0 Å². The smallest absolute Gasteiger partial charge is 0.243 e. The Hall–Kier alpha value is -1.26. The number of benzene rings is 1. The molecule has 0 heterocycles. The summed E-state index contributed by atoms with van der Waals surface area (Å²) in [6, 6.07) is 7.00. The van der Waals surface area contributed by atoms with Crippen molar-refractivity contribution in [2.45, 2.75) is 12.8 Å². The van der Waals surface area contributed by atoms with Gasteiger partial charge in [-0.05, 0) is 12.1 Å². The summed E-state index contributed by atoms with van der Waals surface area (Å²) in [7, 11) is 1.56. The summed E-state index contributed by atoms with van der Waals surface area (Å²) in [6.45, 7) is 1.28. The monoisotopic (exact) mass is 182 g/mol. The van der Waals surface area contributed by atoms with Crippen molar-refractivity contribution in [1.29, 1.82) is 0 Å². The largest absolute Gasteiger partial charge is 0.397 e. The molecule has 0 bridgehead atoms. The van der Waals surface area contributed by atoms with Gasteiger partial charge >= 0.3 is 0 Å². The van der Waals surface area contributed by atoms with Crippen molar-refractivity contribution in [3.8, 4) is 0 Å². The van der Waals surface area contributed by atoms with Crippen molar-refractivity contribution in [2.75, 3.05) is 17.7 Å². The zero-order valence-electron chi connectivity index (χ0n) is 7.73. The number of nitrogens with two attached hydrogens (primary N) is 1. The van der Waals surface area contributed by atoms with E-state index in [1.54, 1.807) is 31.3 Å². The van der Waals surface area contributed by atoms with Crippen LogP contribution in [0.25, 0.3) is 0 Å². The molecule has 4 N–H and O–H groups in total. The van der Waals surface area contributed by atoms with Gasteiger partial charge in [0.15, 0.2) is 0 Å². The van der Waals surface area contributed by atoms with Crippen LogP contribution < -0.4 is 10.6 Å². The van der Waals surface area contributed by atoms with Crippen LogP contribution in [0.15, 0.2) is 24.3 Å². The third kappa shape index (κ3) is 2.11. The van der Waals surface area contributed by atoms with Gasteiger partial charge in [0.2, 0.25) is 5.91 Å². The van der Waals surface area contributed by atoms with Crippen LogP contribution in [0.4, 0.5) is 11.4 Å². The maximum Gasteiger partial charge on any atom is 0.243 e. The summed E-state index contributed by atoms with van der Waals surface area (Å²) in [6.07, 6.45) is 0. The molecule has 0 amide bonds. The first-order valence-corrected chi connectivity index (χ1v) is 3.96. The summed E-state index contributed by atoms with van der Waals surface area (Å²) in [5, 5.41) is 18.6. The molecule has 0 spiro atoms. The number of hydrogen-bond donors (Lipinski definition) is 3. The first kappa shape index (κ1) is 9.83. The fourth-order valence-corrected chi connectivity index (χ4v) is 1.02. The van der Waals surface area contributed by atoms with Crippen LogP contribution in [0.1, 0.15) is 6.92 Å². The molecule has 0 aliphatic heterocycles. The van der Waals surface area contributed by atoms with E-state index in [0.29, 0.717) is 11.4 Å². The lowest BCUT2D eigenvalue weighted by atomic mass is 10.2. The Balaban J connectivity index is 3.02. The van der Waals surface area contributed by atoms with Crippen molar-refractivity contribution < 1.29 is 10.2 Å². The minimum atomic E-state index is -1.89. The van der Waals surface area contributed by atoms with E-state index in [0.717, 1.165) is 0 Å². The number of hydrogen-bond acceptors (Lipinski definition) is 4. The number of nitrogens with zero attached hydrogens (tertiary/aromatic N) is 1. The molecule has 72 valence electrons. The molecule has 0 saturated heterocycles. The molecule has 1 aromatic rings. The van der Waals surface area contributed by atoms with Crippen molar-refractivity contribution in [3.05, 3.63) is 24.3 Å². The lowest BCUT2D eigenvalue weighted by Crippen LogP contribution is -2.43. The highest BCUT2D eigenvalue weighted by molar-refractivity contribution is 5.67. The van der Waals surface area contributed by atoms with Gasteiger partial charge in [0, 0.05) is 14.0 Å². The van der Waals surface area contributed by atoms with Crippen LogP contribution in [0, 0.1) is 0 Å². The van der Waals surface area contributed by atoms with Gasteiger partial charge in [-0.15, -0.1) is 0 Å². The van der Waals surface area contributed by atoms with E-state index in [9.17, 15) is 10.2 Å². The zero-order valence-corrected chi connectivity index (χ0v) is 7.73. The van der Waals surface area contributed by atoms with Gasteiger partial charge < -0.3 is 20.8 Å². The van der Waals surface area contributed by atoms with Gasteiger partial charge in [-0.1, -0.05) is 12.1 Å². The zero-order chi connectivity index (χ0) is 10.1. The summed E-state index contributed by atoms with van der Waals surface area (Å²) in [4.78, 5) is 1.29. The molecule has 0 aromatic heterocycles. The summed E-state index contributed by atoms with van der Waals surface area (Å²) in [5.41, 5.74) is 6.76. The standard InChI is InChI=1S/C9H14N2O2/c1-9(12,13)11(2)8-6-4-3-5-7(8)10/h3-6,12-13H,10H2,1-2H3. The van der Waals surface area contributed by atoms with E-state index < -0.39 is 5.91 Å². The number of anilines is 2. The second kappa shape index (κ2) is 3.24. The number of aliphatic hydroxyl groups is 2. The predicted octanol–water partition coefficient (Wildman–Crippen LogP) is 0.363. The normalized spacial score (nSPS) is 11.4. The Kier molecular flexibility index (Phi) is 2.45. The topological polar surface area (TPSA) is 69.7 Å². The van der Waals surface area contributed by atoms with Crippen LogP contribution in [0.3, 0.4) is 0 Å². The second-order valence-corrected chi connectivity index (χ2v) is 3.09. The molecule has 0 aliphatic carbocycles. The van der Waals surface area contributed by atoms with Gasteiger partial charge in [0.1, 0.15) is 0 Å². The van der Waals surface area contributed by atoms with Crippen LogP contribution in [0.2, 0.25) is 0 Å². The molecule has 0 radical (unpaired) electrons. The van der Waals surface area contributed by atoms with Crippen molar-refractivity contribution in [2.24, 2.45) is 0 Å².